The van der Waals surface area contributed by atoms with Crippen LogP contribution in [0.4, 0.5) is 0 Å². The van der Waals surface area contributed by atoms with Gasteiger partial charge in [-0.15, -0.1) is 0 Å². The van der Waals surface area contributed by atoms with Crippen LogP contribution in [0.2, 0.25) is 0 Å². The zero-order chi connectivity index (χ0) is 24.3. The average molecular weight is 458 g/mol. The van der Waals surface area contributed by atoms with E-state index >= 15 is 0 Å². The molecule has 4 atom stereocenters. The number of aromatic nitrogens is 1. The zero-order valence-electron chi connectivity index (χ0n) is 19.5. The normalized spacial score (nSPS) is 34.2. The first-order valence-corrected chi connectivity index (χ1v) is 11.4. The van der Waals surface area contributed by atoms with Crippen LogP contribution >= 0.6 is 0 Å². The van der Waals surface area contributed by atoms with E-state index in [0.29, 0.717) is 11.5 Å². The zero-order valence-corrected chi connectivity index (χ0v) is 19.5. The molecular weight excluding hydrogens is 426 g/mol. The lowest BCUT2D eigenvalue weighted by molar-refractivity contribution is -0.143. The summed E-state index contributed by atoms with van der Waals surface area (Å²) in [7, 11) is 0. The molecule has 2 saturated carbocycles. The Morgan fingerprint density at radius 1 is 1.00 bits per heavy atom. The van der Waals surface area contributed by atoms with Crippen LogP contribution in [-0.4, -0.2) is 50.4 Å². The molecule has 3 aliphatic rings. The molecule has 1 aromatic rings. The number of ether oxygens (including phenoxy) is 1. The Labute approximate surface area is 192 Å². The standard InChI is InChI=1S/C25H31NO7/c1-23(2)9-5-10-24(3)16(23)8-11-25(4)19(24)14(12-33-25)17(21(29)30)13-6-7-15(20(27)28)26-18(13)22(31)32/h6-7,16,19H,5,8-12H2,1-4H3,(H,27,28)(H,29,30)(H,31,32)/b17-14-/t16-,19+,24-,25+/m1/s1. The van der Waals surface area contributed by atoms with Crippen LogP contribution in [0.25, 0.3) is 5.57 Å². The van der Waals surface area contributed by atoms with Crippen molar-refractivity contribution in [2.45, 2.75) is 65.4 Å². The van der Waals surface area contributed by atoms with E-state index in [1.165, 1.54) is 6.07 Å². The third kappa shape index (κ3) is 3.55. The summed E-state index contributed by atoms with van der Waals surface area (Å²) in [5.41, 5.74) is -1.26. The fourth-order valence-corrected chi connectivity index (χ4v) is 7.34. The van der Waals surface area contributed by atoms with Crippen molar-refractivity contribution in [1.82, 2.24) is 4.98 Å². The smallest absolute Gasteiger partial charge is 0.355 e. The van der Waals surface area contributed by atoms with Gasteiger partial charge in [0.15, 0.2) is 5.69 Å². The monoisotopic (exact) mass is 457 g/mol. The summed E-state index contributed by atoms with van der Waals surface area (Å²) in [4.78, 5) is 39.6. The van der Waals surface area contributed by atoms with Gasteiger partial charge in [-0.2, -0.15) is 0 Å². The SMILES string of the molecule is CC1(C)CCC[C@]2(C)[C@@H]1CC[C@]1(C)OC/C(=C(/C(=O)O)c3ccc(C(=O)O)nc3C(=O)O)[C@@H]21. The van der Waals surface area contributed by atoms with Crippen LogP contribution < -0.4 is 0 Å². The summed E-state index contributed by atoms with van der Waals surface area (Å²) in [6.45, 7) is 8.94. The van der Waals surface area contributed by atoms with Crippen LogP contribution in [0.3, 0.4) is 0 Å². The molecule has 0 amide bonds. The average Bonchev–Trinajstić information content (AvgIpc) is 3.05. The van der Waals surface area contributed by atoms with Crippen LogP contribution in [0.15, 0.2) is 17.7 Å². The minimum absolute atomic E-state index is 0.0800. The third-order valence-corrected chi connectivity index (χ3v) is 8.50. The van der Waals surface area contributed by atoms with E-state index in [1.807, 2.05) is 6.92 Å². The Balaban J connectivity index is 1.95. The maximum atomic E-state index is 12.6. The van der Waals surface area contributed by atoms with Gasteiger partial charge >= 0.3 is 17.9 Å². The quantitative estimate of drug-likeness (QED) is 0.568. The molecule has 0 spiro atoms. The number of rotatable bonds is 4. The second kappa shape index (κ2) is 7.65. The lowest BCUT2D eigenvalue weighted by Gasteiger charge is -2.60. The maximum Gasteiger partial charge on any atom is 0.355 e. The fourth-order valence-electron chi connectivity index (χ4n) is 7.34. The molecule has 0 aromatic carbocycles. The molecule has 0 bridgehead atoms. The molecule has 1 aliphatic heterocycles. The van der Waals surface area contributed by atoms with Gasteiger partial charge in [0.1, 0.15) is 5.69 Å². The van der Waals surface area contributed by atoms with Crippen molar-refractivity contribution >= 4 is 23.5 Å². The molecule has 0 radical (unpaired) electrons. The minimum Gasteiger partial charge on any atom is -0.478 e. The first-order valence-electron chi connectivity index (χ1n) is 11.4. The molecular formula is C25H31NO7. The molecule has 4 rings (SSSR count). The molecule has 33 heavy (non-hydrogen) atoms. The maximum absolute atomic E-state index is 12.6. The summed E-state index contributed by atoms with van der Waals surface area (Å²) < 4.78 is 6.27. The fraction of sp³-hybridized carbons (Fsp3) is 0.600. The number of hydrogen-bond donors (Lipinski definition) is 3. The number of nitrogens with zero attached hydrogens (tertiary/aromatic N) is 1. The van der Waals surface area contributed by atoms with E-state index in [4.69, 9.17) is 4.74 Å². The van der Waals surface area contributed by atoms with Gasteiger partial charge in [-0.05, 0) is 67.1 Å². The first kappa shape index (κ1) is 23.4. The minimum atomic E-state index is -1.47. The van der Waals surface area contributed by atoms with Crippen molar-refractivity contribution in [3.05, 3.63) is 34.7 Å². The van der Waals surface area contributed by atoms with Gasteiger partial charge < -0.3 is 20.1 Å². The Morgan fingerprint density at radius 3 is 2.30 bits per heavy atom. The highest BCUT2D eigenvalue weighted by Gasteiger charge is 2.62. The molecule has 178 valence electrons. The number of carboxylic acids is 3. The van der Waals surface area contributed by atoms with Crippen LogP contribution in [0, 0.1) is 22.7 Å². The van der Waals surface area contributed by atoms with Crippen molar-refractivity contribution in [1.29, 1.82) is 0 Å². The van der Waals surface area contributed by atoms with Crippen molar-refractivity contribution in [2.75, 3.05) is 6.61 Å². The third-order valence-electron chi connectivity index (χ3n) is 8.50. The van der Waals surface area contributed by atoms with E-state index in [1.54, 1.807) is 0 Å². The van der Waals surface area contributed by atoms with Gasteiger partial charge in [-0.3, -0.25) is 0 Å². The summed E-state index contributed by atoms with van der Waals surface area (Å²) in [6.07, 6.45) is 4.91. The number of fused-ring (bicyclic) bond motifs is 3. The van der Waals surface area contributed by atoms with Crippen molar-refractivity contribution in [2.24, 2.45) is 22.7 Å². The highest BCUT2D eigenvalue weighted by atomic mass is 16.5. The van der Waals surface area contributed by atoms with E-state index in [-0.39, 0.29) is 34.5 Å². The van der Waals surface area contributed by atoms with Crippen LogP contribution in [-0.2, 0) is 9.53 Å². The summed E-state index contributed by atoms with van der Waals surface area (Å²) >= 11 is 0. The van der Waals surface area contributed by atoms with Crippen LogP contribution in [0.5, 0.6) is 0 Å². The van der Waals surface area contributed by atoms with Crippen molar-refractivity contribution in [3.63, 3.8) is 0 Å². The highest BCUT2D eigenvalue weighted by Crippen LogP contribution is 2.66. The summed E-state index contributed by atoms with van der Waals surface area (Å²) in [5, 5.41) is 29.2. The Kier molecular flexibility index (Phi) is 5.43. The molecule has 0 unspecified atom stereocenters. The largest absolute Gasteiger partial charge is 0.478 e. The molecule has 1 saturated heterocycles. The van der Waals surface area contributed by atoms with E-state index in [0.717, 1.165) is 38.2 Å². The summed E-state index contributed by atoms with van der Waals surface area (Å²) in [5.74, 6) is -3.91. The Hall–Kier alpha value is -2.74. The number of carboxylic acid groups (broad SMARTS) is 3. The molecule has 3 fully saturated rings. The second-order valence-electron chi connectivity index (χ2n) is 10.9. The lowest BCUT2D eigenvalue weighted by Crippen LogP contribution is -2.56. The van der Waals surface area contributed by atoms with Gasteiger partial charge in [0.2, 0.25) is 0 Å². The number of aliphatic carboxylic acids is 1. The Morgan fingerprint density at radius 2 is 1.70 bits per heavy atom. The number of carbonyl (C=O) groups is 3. The molecule has 2 aliphatic carbocycles. The summed E-state index contributed by atoms with van der Waals surface area (Å²) in [6, 6.07) is 2.40. The lowest BCUT2D eigenvalue weighted by atomic mass is 9.45. The van der Waals surface area contributed by atoms with Gasteiger partial charge in [-0.25, -0.2) is 19.4 Å². The molecule has 3 N–H and O–H groups in total. The number of pyridine rings is 1. The molecule has 8 heteroatoms. The van der Waals surface area contributed by atoms with Crippen molar-refractivity contribution in [3.8, 4) is 0 Å². The first-order chi connectivity index (χ1) is 15.3. The van der Waals surface area contributed by atoms with Gasteiger partial charge in [-0.1, -0.05) is 27.2 Å². The molecule has 2 heterocycles. The van der Waals surface area contributed by atoms with E-state index < -0.39 is 34.9 Å². The van der Waals surface area contributed by atoms with Crippen LogP contribution in [0.1, 0.15) is 86.3 Å². The number of aromatic carboxylic acids is 2. The van der Waals surface area contributed by atoms with E-state index in [9.17, 15) is 29.7 Å². The number of hydrogen-bond acceptors (Lipinski definition) is 5. The van der Waals surface area contributed by atoms with Gasteiger partial charge in [0.25, 0.3) is 0 Å². The second-order valence-corrected chi connectivity index (χ2v) is 10.9. The predicted molar refractivity (Wildman–Crippen MR) is 119 cm³/mol. The van der Waals surface area contributed by atoms with Gasteiger partial charge in [0, 0.05) is 11.5 Å². The predicted octanol–water partition coefficient (Wildman–Crippen LogP) is 4.35. The van der Waals surface area contributed by atoms with E-state index in [2.05, 4.69) is 25.8 Å². The van der Waals surface area contributed by atoms with Crippen molar-refractivity contribution < 1.29 is 34.4 Å². The molecule has 1 aromatic heterocycles. The Bertz CT molecular complexity index is 1070. The highest BCUT2D eigenvalue weighted by molar-refractivity contribution is 6.19. The van der Waals surface area contributed by atoms with Gasteiger partial charge in [0.05, 0.1) is 17.8 Å². The molecule has 8 nitrogen and oxygen atoms in total. The topological polar surface area (TPSA) is 134 Å².